The zero-order valence-electron chi connectivity index (χ0n) is 14.3. The molecule has 1 saturated heterocycles. The van der Waals surface area contributed by atoms with Crippen LogP contribution in [-0.4, -0.2) is 49.4 Å². The Morgan fingerprint density at radius 3 is 2.76 bits per heavy atom. The van der Waals surface area contributed by atoms with Crippen molar-refractivity contribution >= 4 is 40.0 Å². The van der Waals surface area contributed by atoms with Crippen LogP contribution in [0.1, 0.15) is 11.1 Å². The summed E-state index contributed by atoms with van der Waals surface area (Å²) in [6.45, 7) is 5.47. The highest BCUT2D eigenvalue weighted by Gasteiger charge is 2.20. The summed E-state index contributed by atoms with van der Waals surface area (Å²) in [5.41, 5.74) is 8.55. The second kappa shape index (κ2) is 8.29. The predicted molar refractivity (Wildman–Crippen MR) is 105 cm³/mol. The molecule has 1 fully saturated rings. The average molecular weight is 379 g/mol. The Morgan fingerprint density at radius 2 is 2.08 bits per heavy atom. The topological polar surface area (TPSA) is 52.8 Å². The second-order valence-corrected chi connectivity index (χ2v) is 7.55. The Labute approximate surface area is 157 Å². The lowest BCUT2D eigenvalue weighted by Crippen LogP contribution is -2.43. The van der Waals surface area contributed by atoms with E-state index in [1.165, 1.54) is 11.3 Å². The van der Waals surface area contributed by atoms with Crippen molar-refractivity contribution in [3.8, 4) is 0 Å². The first-order valence-corrected chi connectivity index (χ1v) is 9.58. The standard InChI is InChI=1S/C18H23ClN4OS/c1-21-5-7-22(8-6-21)11-15-12-25-18(17(15)19)23(13-24)16-4-2-3-14(9-16)10-20/h2-4,9,12-13H,5-8,10-11,20H2,1H3. The molecule has 0 atom stereocenters. The molecule has 0 aliphatic carbocycles. The number of hydrogen-bond donors (Lipinski definition) is 1. The normalized spacial score (nSPS) is 16.1. The lowest BCUT2D eigenvalue weighted by Gasteiger charge is -2.32. The van der Waals surface area contributed by atoms with Gasteiger partial charge >= 0.3 is 0 Å². The molecular weight excluding hydrogens is 356 g/mol. The number of likely N-dealkylation sites (N-methyl/N-ethyl adjacent to an activating group) is 1. The average Bonchev–Trinajstić information content (AvgIpc) is 2.99. The number of rotatable bonds is 6. The van der Waals surface area contributed by atoms with E-state index in [1.807, 2.05) is 24.3 Å². The molecule has 1 aromatic carbocycles. The lowest BCUT2D eigenvalue weighted by atomic mass is 10.2. The molecule has 2 heterocycles. The largest absolute Gasteiger partial charge is 0.326 e. The van der Waals surface area contributed by atoms with Crippen LogP contribution in [0.5, 0.6) is 0 Å². The van der Waals surface area contributed by atoms with Gasteiger partial charge in [0, 0.05) is 45.0 Å². The first-order valence-electron chi connectivity index (χ1n) is 8.32. The molecule has 0 saturated carbocycles. The van der Waals surface area contributed by atoms with E-state index in [0.717, 1.165) is 60.9 Å². The zero-order chi connectivity index (χ0) is 17.8. The molecule has 0 bridgehead atoms. The van der Waals surface area contributed by atoms with Crippen molar-refractivity contribution in [3.05, 3.63) is 45.8 Å². The minimum absolute atomic E-state index is 0.438. The number of anilines is 2. The molecule has 0 spiro atoms. The van der Waals surface area contributed by atoms with Crippen molar-refractivity contribution in [3.63, 3.8) is 0 Å². The second-order valence-electron chi connectivity index (χ2n) is 6.31. The van der Waals surface area contributed by atoms with Gasteiger partial charge in [0.15, 0.2) is 0 Å². The first kappa shape index (κ1) is 18.4. The van der Waals surface area contributed by atoms with Crippen molar-refractivity contribution < 1.29 is 4.79 Å². The molecule has 7 heteroatoms. The van der Waals surface area contributed by atoms with E-state index in [-0.39, 0.29) is 0 Å². The minimum Gasteiger partial charge on any atom is -0.326 e. The smallest absolute Gasteiger partial charge is 0.219 e. The molecule has 134 valence electrons. The molecule has 0 unspecified atom stereocenters. The highest BCUT2D eigenvalue weighted by Crippen LogP contribution is 2.39. The van der Waals surface area contributed by atoms with Crippen LogP contribution in [0.15, 0.2) is 29.6 Å². The predicted octanol–water partition coefficient (Wildman–Crippen LogP) is 2.90. The molecule has 2 aromatic rings. The fourth-order valence-electron chi connectivity index (χ4n) is 2.94. The molecule has 0 radical (unpaired) electrons. The number of nitrogens with zero attached hydrogens (tertiary/aromatic N) is 3. The minimum atomic E-state index is 0.438. The van der Waals surface area contributed by atoms with Gasteiger partial charge in [-0.2, -0.15) is 0 Å². The van der Waals surface area contributed by atoms with Crippen molar-refractivity contribution in [1.82, 2.24) is 9.80 Å². The number of thiophene rings is 1. The molecule has 1 aromatic heterocycles. The quantitative estimate of drug-likeness (QED) is 0.785. The molecule has 1 aliphatic heterocycles. The van der Waals surface area contributed by atoms with E-state index in [2.05, 4.69) is 22.2 Å². The molecule has 2 N–H and O–H groups in total. The highest BCUT2D eigenvalue weighted by atomic mass is 35.5. The number of nitrogens with two attached hydrogens (primary N) is 1. The van der Waals surface area contributed by atoms with Gasteiger partial charge in [0.1, 0.15) is 5.00 Å². The summed E-state index contributed by atoms with van der Waals surface area (Å²) in [6.07, 6.45) is 0.812. The van der Waals surface area contributed by atoms with Crippen LogP contribution >= 0.6 is 22.9 Å². The fourth-order valence-corrected chi connectivity index (χ4v) is 4.29. The number of piperazine rings is 1. The third-order valence-electron chi connectivity index (χ3n) is 4.52. The monoisotopic (exact) mass is 378 g/mol. The van der Waals surface area contributed by atoms with E-state index in [0.29, 0.717) is 11.6 Å². The van der Waals surface area contributed by atoms with E-state index >= 15 is 0 Å². The summed E-state index contributed by atoms with van der Waals surface area (Å²) in [7, 11) is 2.14. The Morgan fingerprint density at radius 1 is 1.32 bits per heavy atom. The van der Waals surface area contributed by atoms with Crippen molar-refractivity contribution in [2.45, 2.75) is 13.1 Å². The SMILES string of the molecule is CN1CCN(Cc2csc(N(C=O)c3cccc(CN)c3)c2Cl)CC1. The van der Waals surface area contributed by atoms with Crippen LogP contribution < -0.4 is 10.6 Å². The Kier molecular flexibility index (Phi) is 6.09. The van der Waals surface area contributed by atoms with Gasteiger partial charge in [0.05, 0.1) is 5.02 Å². The van der Waals surface area contributed by atoms with Gasteiger partial charge in [-0.3, -0.25) is 14.6 Å². The van der Waals surface area contributed by atoms with Crippen LogP contribution in [-0.2, 0) is 17.9 Å². The van der Waals surface area contributed by atoms with Crippen LogP contribution in [0.25, 0.3) is 0 Å². The van der Waals surface area contributed by atoms with Gasteiger partial charge in [-0.25, -0.2) is 0 Å². The van der Waals surface area contributed by atoms with Gasteiger partial charge in [-0.1, -0.05) is 23.7 Å². The first-order chi connectivity index (χ1) is 12.1. The number of hydrogen-bond acceptors (Lipinski definition) is 5. The summed E-state index contributed by atoms with van der Waals surface area (Å²) < 4.78 is 0. The number of carbonyl (C=O) groups is 1. The lowest BCUT2D eigenvalue weighted by molar-refractivity contribution is -0.106. The maximum atomic E-state index is 11.7. The van der Waals surface area contributed by atoms with Crippen LogP contribution in [0.3, 0.4) is 0 Å². The molecule has 3 rings (SSSR count). The summed E-state index contributed by atoms with van der Waals surface area (Å²) in [5.74, 6) is 0. The molecular formula is C18H23ClN4OS. The van der Waals surface area contributed by atoms with E-state index in [9.17, 15) is 4.79 Å². The fraction of sp³-hybridized carbons (Fsp3) is 0.389. The zero-order valence-corrected chi connectivity index (χ0v) is 15.9. The summed E-state index contributed by atoms with van der Waals surface area (Å²) >= 11 is 8.12. The van der Waals surface area contributed by atoms with E-state index < -0.39 is 0 Å². The van der Waals surface area contributed by atoms with Crippen LogP contribution in [0, 0.1) is 0 Å². The maximum Gasteiger partial charge on any atom is 0.219 e. The Hall–Kier alpha value is -1.44. The number of amides is 1. The van der Waals surface area contributed by atoms with Crippen LogP contribution in [0.4, 0.5) is 10.7 Å². The summed E-state index contributed by atoms with van der Waals surface area (Å²) in [4.78, 5) is 18.0. The molecule has 1 amide bonds. The highest BCUT2D eigenvalue weighted by molar-refractivity contribution is 7.15. The van der Waals surface area contributed by atoms with Crippen molar-refractivity contribution in [2.75, 3.05) is 38.1 Å². The third kappa shape index (κ3) is 4.22. The van der Waals surface area contributed by atoms with Gasteiger partial charge < -0.3 is 10.6 Å². The Bertz CT molecular complexity index is 728. The van der Waals surface area contributed by atoms with E-state index in [4.69, 9.17) is 17.3 Å². The summed E-state index contributed by atoms with van der Waals surface area (Å²) in [5, 5.41) is 3.48. The van der Waals surface area contributed by atoms with Gasteiger partial charge in [0.25, 0.3) is 0 Å². The van der Waals surface area contributed by atoms with Crippen molar-refractivity contribution in [2.24, 2.45) is 5.73 Å². The van der Waals surface area contributed by atoms with Gasteiger partial charge in [-0.05, 0) is 35.7 Å². The van der Waals surface area contributed by atoms with Gasteiger partial charge in [-0.15, -0.1) is 11.3 Å². The molecule has 1 aliphatic rings. The Balaban J connectivity index is 1.79. The number of halogens is 1. The number of benzene rings is 1. The van der Waals surface area contributed by atoms with Crippen LogP contribution in [0.2, 0.25) is 5.02 Å². The van der Waals surface area contributed by atoms with Crippen molar-refractivity contribution in [1.29, 1.82) is 0 Å². The van der Waals surface area contributed by atoms with Gasteiger partial charge in [0.2, 0.25) is 6.41 Å². The third-order valence-corrected chi connectivity index (χ3v) is 6.08. The molecule has 25 heavy (non-hydrogen) atoms. The summed E-state index contributed by atoms with van der Waals surface area (Å²) in [6, 6.07) is 7.66. The maximum absolute atomic E-state index is 11.7. The molecule has 5 nitrogen and oxygen atoms in total. The number of carbonyl (C=O) groups excluding carboxylic acids is 1. The van der Waals surface area contributed by atoms with E-state index in [1.54, 1.807) is 4.90 Å².